The molecule has 1 aromatic rings. The summed E-state index contributed by atoms with van der Waals surface area (Å²) in [5, 5.41) is -0.817. The Bertz CT molecular complexity index is 945. The quantitative estimate of drug-likeness (QED) is 0.329. The summed E-state index contributed by atoms with van der Waals surface area (Å²) in [6, 6.07) is 4.95. The topological polar surface area (TPSA) is 105 Å². The summed E-state index contributed by atoms with van der Waals surface area (Å²) in [7, 11) is -8.69. The minimum atomic E-state index is -4.46. The Hall–Kier alpha value is -1.50. The third kappa shape index (κ3) is 3.92. The lowest BCUT2D eigenvalue weighted by atomic mass is 9.87. The molecule has 1 aliphatic rings. The highest BCUT2D eigenvalue weighted by Crippen LogP contribution is 2.31. The van der Waals surface area contributed by atoms with Crippen molar-refractivity contribution in [1.82, 2.24) is 0 Å². The van der Waals surface area contributed by atoms with Crippen molar-refractivity contribution in [2.24, 2.45) is 0 Å². The van der Waals surface area contributed by atoms with Crippen LogP contribution in [0.1, 0.15) is 64.0 Å². The second-order valence-electron chi connectivity index (χ2n) is 7.90. The summed E-state index contributed by atoms with van der Waals surface area (Å²) >= 11 is 0. The van der Waals surface area contributed by atoms with Gasteiger partial charge in [-0.25, -0.2) is 16.8 Å². The molecule has 0 bridgehead atoms. The number of hydrogen-bond acceptors (Lipinski definition) is 4. The Labute approximate surface area is 156 Å². The zero-order valence-electron chi connectivity index (χ0n) is 15.7. The van der Waals surface area contributed by atoms with Crippen LogP contribution in [0, 0.1) is 6.92 Å². The predicted octanol–water partition coefficient (Wildman–Crippen LogP) is 3.40. The maximum absolute atomic E-state index is 13.1. The molecule has 6 nitrogen and oxygen atoms in total. The average molecular weight is 399 g/mol. The first-order chi connectivity index (χ1) is 11.9. The van der Waals surface area contributed by atoms with Gasteiger partial charge >= 0.3 is 4.38 Å². The molecular weight excluding hydrogens is 372 g/mol. The number of hydrogen-bond donors (Lipinski definition) is 0. The first kappa shape index (κ1) is 20.8. The van der Waals surface area contributed by atoms with Crippen molar-refractivity contribution in [2.45, 2.75) is 75.4 Å². The van der Waals surface area contributed by atoms with Gasteiger partial charge in [0.2, 0.25) is 0 Å². The van der Waals surface area contributed by atoms with Crippen molar-refractivity contribution in [3.05, 3.63) is 34.9 Å². The fourth-order valence-corrected chi connectivity index (χ4v) is 7.56. The Balaban J connectivity index is 2.60. The van der Waals surface area contributed by atoms with E-state index < -0.39 is 29.3 Å². The minimum absolute atomic E-state index is 0.128. The standard InChI is InChI=1S/C18H26N2O4S2/c1-13-10-11-14(18(2,3)4)12-16(13)26(23,24)17(20-19)25(21,22)15-8-6-5-7-9-15/h10-12,15H,5-9H2,1-4H3. The SMILES string of the molecule is Cc1ccc(C(C)(C)C)cc1S(=O)(=O)C(=[N+]=[N-])S(=O)(=O)C1CCCCC1. The largest absolute Gasteiger partial charge is 0.499 e. The van der Waals surface area contributed by atoms with E-state index in [1.807, 2.05) is 26.8 Å². The Kier molecular flexibility index (Phi) is 5.80. The van der Waals surface area contributed by atoms with E-state index in [9.17, 15) is 22.4 Å². The Morgan fingerprint density at radius 1 is 1.08 bits per heavy atom. The number of rotatable bonds is 2. The van der Waals surface area contributed by atoms with E-state index in [-0.39, 0.29) is 10.3 Å². The van der Waals surface area contributed by atoms with Gasteiger partial charge in [0, 0.05) is 0 Å². The molecule has 2 rings (SSSR count). The molecule has 1 saturated carbocycles. The summed E-state index contributed by atoms with van der Waals surface area (Å²) < 4.78 is 50.8. The summed E-state index contributed by atoms with van der Waals surface area (Å²) in [6.45, 7) is 7.41. The highest BCUT2D eigenvalue weighted by molar-refractivity contribution is 8.31. The van der Waals surface area contributed by atoms with Crippen LogP contribution in [0.5, 0.6) is 0 Å². The van der Waals surface area contributed by atoms with Crippen LogP contribution in [0.2, 0.25) is 0 Å². The summed E-state index contributed by atoms with van der Waals surface area (Å²) in [5.74, 6) is 0. The summed E-state index contributed by atoms with van der Waals surface area (Å²) in [5.41, 5.74) is 10.2. The monoisotopic (exact) mass is 398 g/mol. The molecule has 0 N–H and O–H groups in total. The molecule has 0 unspecified atom stereocenters. The molecule has 0 aromatic heterocycles. The van der Waals surface area contributed by atoms with Crippen molar-refractivity contribution in [3.63, 3.8) is 0 Å². The molecule has 1 fully saturated rings. The molecular formula is C18H26N2O4S2. The number of benzene rings is 1. The fraction of sp³-hybridized carbons (Fsp3) is 0.611. The van der Waals surface area contributed by atoms with E-state index in [4.69, 9.17) is 0 Å². The smallest absolute Gasteiger partial charge is 0.359 e. The van der Waals surface area contributed by atoms with Gasteiger partial charge in [0.25, 0.3) is 19.7 Å². The van der Waals surface area contributed by atoms with Crippen molar-refractivity contribution < 1.29 is 21.6 Å². The lowest BCUT2D eigenvalue weighted by molar-refractivity contribution is 0.00369. The van der Waals surface area contributed by atoms with Gasteiger partial charge in [0.05, 0.1) is 10.1 Å². The van der Waals surface area contributed by atoms with Crippen LogP contribution in [-0.4, -0.2) is 31.3 Å². The maximum atomic E-state index is 13.1. The highest BCUT2D eigenvalue weighted by atomic mass is 32.3. The molecule has 0 atom stereocenters. The number of aryl methyl sites for hydroxylation is 1. The normalized spacial score (nSPS) is 16.9. The number of nitrogens with zero attached hydrogens (tertiary/aromatic N) is 2. The lowest BCUT2D eigenvalue weighted by Gasteiger charge is -2.21. The van der Waals surface area contributed by atoms with Crippen molar-refractivity contribution in [1.29, 1.82) is 0 Å². The van der Waals surface area contributed by atoms with E-state index in [1.54, 1.807) is 13.0 Å². The Morgan fingerprint density at radius 3 is 2.15 bits per heavy atom. The van der Waals surface area contributed by atoms with Gasteiger partial charge in [0.1, 0.15) is 0 Å². The third-order valence-electron chi connectivity index (χ3n) is 4.89. The molecule has 26 heavy (non-hydrogen) atoms. The third-order valence-corrected chi connectivity index (χ3v) is 9.72. The molecule has 0 aliphatic heterocycles. The van der Waals surface area contributed by atoms with Crippen LogP contribution >= 0.6 is 0 Å². The average Bonchev–Trinajstić information content (AvgIpc) is 2.54. The van der Waals surface area contributed by atoms with Crippen LogP contribution in [0.15, 0.2) is 23.1 Å². The van der Waals surface area contributed by atoms with Crippen LogP contribution < -0.4 is 0 Å². The molecule has 0 amide bonds. The highest BCUT2D eigenvalue weighted by Gasteiger charge is 2.48. The van der Waals surface area contributed by atoms with E-state index in [1.165, 1.54) is 6.07 Å². The molecule has 144 valence electrons. The van der Waals surface area contributed by atoms with Gasteiger partial charge in [0.15, 0.2) is 0 Å². The van der Waals surface area contributed by atoms with E-state index >= 15 is 0 Å². The van der Waals surface area contributed by atoms with Gasteiger partial charge in [-0.3, -0.25) is 0 Å². The molecule has 0 radical (unpaired) electrons. The van der Waals surface area contributed by atoms with Crippen LogP contribution in [0.4, 0.5) is 0 Å². The molecule has 0 heterocycles. The molecule has 0 spiro atoms. The van der Waals surface area contributed by atoms with Gasteiger partial charge < -0.3 is 5.53 Å². The molecule has 1 aromatic carbocycles. The second-order valence-corrected chi connectivity index (χ2v) is 12.1. The molecule has 1 aliphatic carbocycles. The van der Waals surface area contributed by atoms with Gasteiger partial charge in [-0.05, 0) is 42.4 Å². The van der Waals surface area contributed by atoms with Gasteiger partial charge in [-0.15, -0.1) is 4.79 Å². The maximum Gasteiger partial charge on any atom is 0.499 e. The van der Waals surface area contributed by atoms with Gasteiger partial charge in [-0.1, -0.05) is 52.2 Å². The van der Waals surface area contributed by atoms with Crippen LogP contribution in [-0.2, 0) is 25.1 Å². The van der Waals surface area contributed by atoms with Gasteiger partial charge in [-0.2, -0.15) is 0 Å². The second kappa shape index (κ2) is 7.25. The van der Waals surface area contributed by atoms with Crippen molar-refractivity contribution >= 4 is 24.1 Å². The molecule has 0 saturated heterocycles. The lowest BCUT2D eigenvalue weighted by Crippen LogP contribution is -2.36. The zero-order chi connectivity index (χ0) is 19.8. The van der Waals surface area contributed by atoms with Crippen molar-refractivity contribution in [3.8, 4) is 0 Å². The van der Waals surface area contributed by atoms with Crippen LogP contribution in [0.3, 0.4) is 0 Å². The zero-order valence-corrected chi connectivity index (χ0v) is 17.3. The fourth-order valence-electron chi connectivity index (χ4n) is 3.23. The first-order valence-electron chi connectivity index (χ1n) is 8.74. The number of sulfone groups is 2. The molecule has 8 heteroatoms. The van der Waals surface area contributed by atoms with E-state index in [2.05, 4.69) is 4.79 Å². The minimum Gasteiger partial charge on any atom is -0.359 e. The summed E-state index contributed by atoms with van der Waals surface area (Å²) in [4.78, 5) is 2.63. The van der Waals surface area contributed by atoms with E-state index in [0.717, 1.165) is 24.8 Å². The van der Waals surface area contributed by atoms with Crippen LogP contribution in [0.25, 0.3) is 5.53 Å². The first-order valence-corrected chi connectivity index (χ1v) is 11.8. The predicted molar refractivity (Wildman–Crippen MR) is 101 cm³/mol. The van der Waals surface area contributed by atoms with Crippen molar-refractivity contribution in [2.75, 3.05) is 0 Å². The summed E-state index contributed by atoms with van der Waals surface area (Å²) in [6.07, 6.45) is 3.15. The van der Waals surface area contributed by atoms with E-state index in [0.29, 0.717) is 18.4 Å². The Morgan fingerprint density at radius 2 is 1.65 bits per heavy atom.